The molecule has 4 heteroatoms. The van der Waals surface area contributed by atoms with Crippen LogP contribution < -0.4 is 5.32 Å². The van der Waals surface area contributed by atoms with Gasteiger partial charge in [-0.25, -0.2) is 4.79 Å². The predicted molar refractivity (Wildman–Crippen MR) is 76.4 cm³/mol. The third-order valence-electron chi connectivity index (χ3n) is 3.33. The number of carbonyl (C=O) groups is 1. The average molecular weight is 265 g/mol. The number of benzene rings is 1. The summed E-state index contributed by atoms with van der Waals surface area (Å²) in [4.78, 5) is 11.6. The molecular weight excluding hydrogens is 242 g/mol. The highest BCUT2D eigenvalue weighted by Crippen LogP contribution is 2.21. The van der Waals surface area contributed by atoms with Gasteiger partial charge < -0.3 is 15.2 Å². The molecule has 0 aromatic heterocycles. The summed E-state index contributed by atoms with van der Waals surface area (Å²) in [6.07, 6.45) is 0.883. The van der Waals surface area contributed by atoms with Crippen molar-refractivity contribution in [1.82, 2.24) is 0 Å². The lowest BCUT2D eigenvalue weighted by atomic mass is 9.88. The summed E-state index contributed by atoms with van der Waals surface area (Å²) in [5.74, 6) is -0.313. The molecule has 0 aliphatic rings. The van der Waals surface area contributed by atoms with Gasteiger partial charge in [-0.1, -0.05) is 19.9 Å². The summed E-state index contributed by atoms with van der Waals surface area (Å²) in [6, 6.07) is 7.21. The van der Waals surface area contributed by atoms with Gasteiger partial charge in [0.15, 0.2) is 0 Å². The number of nitrogens with one attached hydrogen (secondary N) is 1. The molecule has 1 atom stereocenters. The fraction of sp³-hybridized carbons (Fsp3) is 0.533. The molecular formula is C15H23NO3. The standard InChI is InChI=1S/C15H23NO3/c1-4-15(3,11-17)10-16-13-8-6-7-12(9-13)14(18)19-5-2/h6-9,16-17H,4-5,10-11H2,1-3H3. The third kappa shape index (κ3) is 4.56. The molecule has 0 aliphatic carbocycles. The lowest BCUT2D eigenvalue weighted by Crippen LogP contribution is -2.29. The number of aliphatic hydroxyl groups excluding tert-OH is 1. The van der Waals surface area contributed by atoms with E-state index in [1.165, 1.54) is 0 Å². The van der Waals surface area contributed by atoms with Crippen molar-refractivity contribution in [3.05, 3.63) is 29.8 Å². The highest BCUT2D eigenvalue weighted by molar-refractivity contribution is 5.90. The SMILES string of the molecule is CCOC(=O)c1cccc(NCC(C)(CC)CO)c1. The summed E-state index contributed by atoms with van der Waals surface area (Å²) >= 11 is 0. The Morgan fingerprint density at radius 2 is 2.16 bits per heavy atom. The molecule has 0 aliphatic heterocycles. The predicted octanol–water partition coefficient (Wildman–Crippen LogP) is 2.68. The van der Waals surface area contributed by atoms with Gasteiger partial charge in [0.1, 0.15) is 0 Å². The quantitative estimate of drug-likeness (QED) is 0.744. The average Bonchev–Trinajstić information content (AvgIpc) is 2.45. The van der Waals surface area contributed by atoms with Crippen LogP contribution in [0.4, 0.5) is 5.69 Å². The lowest BCUT2D eigenvalue weighted by molar-refractivity contribution is 0.0526. The van der Waals surface area contributed by atoms with Crippen LogP contribution in [0.1, 0.15) is 37.6 Å². The van der Waals surface area contributed by atoms with E-state index in [0.717, 1.165) is 12.1 Å². The van der Waals surface area contributed by atoms with Crippen LogP contribution in [0.3, 0.4) is 0 Å². The highest BCUT2D eigenvalue weighted by Gasteiger charge is 2.20. The van der Waals surface area contributed by atoms with Gasteiger partial charge in [0.05, 0.1) is 18.8 Å². The molecule has 0 saturated carbocycles. The van der Waals surface area contributed by atoms with Crippen molar-refractivity contribution in [1.29, 1.82) is 0 Å². The normalized spacial score (nSPS) is 13.7. The van der Waals surface area contributed by atoms with Crippen molar-refractivity contribution >= 4 is 11.7 Å². The van der Waals surface area contributed by atoms with Crippen LogP contribution in [0.2, 0.25) is 0 Å². The maximum absolute atomic E-state index is 11.6. The van der Waals surface area contributed by atoms with Crippen LogP contribution in [0.15, 0.2) is 24.3 Å². The first kappa shape index (κ1) is 15.5. The molecule has 0 heterocycles. The fourth-order valence-electron chi connectivity index (χ4n) is 1.58. The zero-order valence-corrected chi connectivity index (χ0v) is 11.9. The Morgan fingerprint density at radius 3 is 2.74 bits per heavy atom. The number of hydrogen-bond acceptors (Lipinski definition) is 4. The smallest absolute Gasteiger partial charge is 0.338 e. The van der Waals surface area contributed by atoms with Gasteiger partial charge in [-0.05, 0) is 31.5 Å². The van der Waals surface area contributed by atoms with Crippen LogP contribution in [-0.4, -0.2) is 30.8 Å². The molecule has 0 saturated heterocycles. The first-order chi connectivity index (χ1) is 9.04. The third-order valence-corrected chi connectivity index (χ3v) is 3.33. The Labute approximate surface area is 114 Å². The van der Waals surface area contributed by atoms with E-state index in [-0.39, 0.29) is 18.0 Å². The Balaban J connectivity index is 2.70. The van der Waals surface area contributed by atoms with Gasteiger partial charge >= 0.3 is 5.97 Å². The number of rotatable bonds is 7. The first-order valence-corrected chi connectivity index (χ1v) is 6.66. The molecule has 2 N–H and O–H groups in total. The Morgan fingerprint density at radius 1 is 1.42 bits per heavy atom. The molecule has 0 spiro atoms. The highest BCUT2D eigenvalue weighted by atomic mass is 16.5. The summed E-state index contributed by atoms with van der Waals surface area (Å²) in [6.45, 7) is 7.02. The van der Waals surface area contributed by atoms with E-state index < -0.39 is 0 Å². The molecule has 1 rings (SSSR count). The molecule has 0 fully saturated rings. The van der Waals surface area contributed by atoms with Gasteiger partial charge in [-0.3, -0.25) is 0 Å². The lowest BCUT2D eigenvalue weighted by Gasteiger charge is -2.26. The topological polar surface area (TPSA) is 58.6 Å². The maximum Gasteiger partial charge on any atom is 0.338 e. The van der Waals surface area contributed by atoms with E-state index in [1.54, 1.807) is 19.1 Å². The first-order valence-electron chi connectivity index (χ1n) is 6.66. The van der Waals surface area contributed by atoms with Crippen LogP contribution in [-0.2, 0) is 4.74 Å². The van der Waals surface area contributed by atoms with Gasteiger partial charge in [-0.15, -0.1) is 0 Å². The zero-order valence-electron chi connectivity index (χ0n) is 11.9. The van der Waals surface area contributed by atoms with Crippen LogP contribution in [0.5, 0.6) is 0 Å². The second-order valence-electron chi connectivity index (χ2n) is 4.98. The summed E-state index contributed by atoms with van der Waals surface area (Å²) in [5.41, 5.74) is 1.24. The Bertz CT molecular complexity index is 414. The van der Waals surface area contributed by atoms with Gasteiger partial charge in [0.2, 0.25) is 0 Å². The Kier molecular flexibility index (Phi) is 5.83. The molecule has 19 heavy (non-hydrogen) atoms. The van der Waals surface area contributed by atoms with Crippen LogP contribution >= 0.6 is 0 Å². The minimum atomic E-state index is -0.313. The van der Waals surface area contributed by atoms with Gasteiger partial charge in [0, 0.05) is 17.6 Å². The molecule has 1 aromatic rings. The van der Waals surface area contributed by atoms with Crippen LogP contribution in [0, 0.1) is 5.41 Å². The number of anilines is 1. The molecule has 0 amide bonds. The Hall–Kier alpha value is -1.55. The molecule has 1 unspecified atom stereocenters. The second-order valence-corrected chi connectivity index (χ2v) is 4.98. The maximum atomic E-state index is 11.6. The van der Waals surface area contributed by atoms with Gasteiger partial charge in [-0.2, -0.15) is 0 Å². The summed E-state index contributed by atoms with van der Waals surface area (Å²) in [7, 11) is 0. The van der Waals surface area contributed by atoms with E-state index in [2.05, 4.69) is 5.32 Å². The second kappa shape index (κ2) is 7.14. The van der Waals surface area contributed by atoms with Crippen molar-refractivity contribution < 1.29 is 14.6 Å². The molecule has 106 valence electrons. The van der Waals surface area contributed by atoms with Crippen molar-refractivity contribution in [3.8, 4) is 0 Å². The van der Waals surface area contributed by atoms with Crippen molar-refractivity contribution in [2.24, 2.45) is 5.41 Å². The number of carbonyl (C=O) groups excluding carboxylic acids is 1. The zero-order chi connectivity index (χ0) is 14.3. The van der Waals surface area contributed by atoms with Crippen molar-refractivity contribution in [2.45, 2.75) is 27.2 Å². The van der Waals surface area contributed by atoms with Gasteiger partial charge in [0.25, 0.3) is 0 Å². The van der Waals surface area contributed by atoms with E-state index in [4.69, 9.17) is 4.74 Å². The van der Waals surface area contributed by atoms with Crippen molar-refractivity contribution in [3.63, 3.8) is 0 Å². The monoisotopic (exact) mass is 265 g/mol. The molecule has 4 nitrogen and oxygen atoms in total. The number of hydrogen-bond donors (Lipinski definition) is 2. The fourth-order valence-corrected chi connectivity index (χ4v) is 1.58. The van der Waals surface area contributed by atoms with E-state index in [1.807, 2.05) is 26.0 Å². The van der Waals surface area contributed by atoms with E-state index in [9.17, 15) is 9.90 Å². The largest absolute Gasteiger partial charge is 0.462 e. The minimum absolute atomic E-state index is 0.133. The van der Waals surface area contributed by atoms with Crippen molar-refractivity contribution in [2.75, 3.05) is 25.1 Å². The summed E-state index contributed by atoms with van der Waals surface area (Å²) in [5, 5.41) is 12.6. The minimum Gasteiger partial charge on any atom is -0.462 e. The number of ether oxygens (including phenoxy) is 1. The number of esters is 1. The molecule has 0 bridgehead atoms. The van der Waals surface area contributed by atoms with E-state index >= 15 is 0 Å². The van der Waals surface area contributed by atoms with E-state index in [0.29, 0.717) is 18.7 Å². The molecule has 1 aromatic carbocycles. The molecule has 0 radical (unpaired) electrons. The van der Waals surface area contributed by atoms with Crippen LogP contribution in [0.25, 0.3) is 0 Å². The number of aliphatic hydroxyl groups is 1. The summed E-state index contributed by atoms with van der Waals surface area (Å²) < 4.78 is 4.96.